The first kappa shape index (κ1) is 31.8. The van der Waals surface area contributed by atoms with E-state index in [1.54, 1.807) is 6.20 Å². The van der Waals surface area contributed by atoms with Crippen molar-refractivity contribution in [2.24, 2.45) is 17.4 Å². The first-order chi connectivity index (χ1) is 19.9. The van der Waals surface area contributed by atoms with E-state index in [2.05, 4.69) is 30.9 Å². The fourth-order valence-corrected chi connectivity index (χ4v) is 4.53. The number of H-pyrrole nitrogens is 2. The number of hydrogen-bond acceptors (Lipinski definition) is 7. The number of imidazole rings is 1. The number of nitrogens with two attached hydrogens (primary N) is 2. The lowest BCUT2D eigenvalue weighted by atomic mass is 10.0. The molecular formula is C28H38N8O6. The summed E-state index contributed by atoms with van der Waals surface area (Å²) in [6.07, 6.45) is 4.58. The molecule has 3 rings (SSSR count). The van der Waals surface area contributed by atoms with Crippen molar-refractivity contribution in [1.29, 1.82) is 0 Å². The Hall–Kier alpha value is -4.72. The zero-order chi connectivity index (χ0) is 30.8. The molecule has 0 aliphatic heterocycles. The number of fused-ring (bicyclic) bond motifs is 1. The third-order valence-corrected chi connectivity index (χ3v) is 6.70. The fourth-order valence-electron chi connectivity index (χ4n) is 4.53. The van der Waals surface area contributed by atoms with E-state index in [4.69, 9.17) is 11.5 Å². The quantitative estimate of drug-likeness (QED) is 0.113. The summed E-state index contributed by atoms with van der Waals surface area (Å²) in [7, 11) is 0. The molecule has 2 aromatic heterocycles. The molecule has 0 spiro atoms. The van der Waals surface area contributed by atoms with Crippen LogP contribution < -0.4 is 27.4 Å². The standard InChI is InChI=1S/C28H38N8O6/c1-15(2)9-23(28(41)42)36-27(40)22(11-17-13-31-14-33-17)35-26(39)21(7-8-24(30)37)34-25(38)19(29)10-16-12-32-20-6-4-3-5-18(16)20/h3-6,12-15,19,21-23,32H,7-11,29H2,1-2H3,(H2,30,37)(H,31,33)(H,34,38)(H,35,39)(H,36,40)(H,41,42). The summed E-state index contributed by atoms with van der Waals surface area (Å²) >= 11 is 0. The number of aromatic nitrogens is 3. The smallest absolute Gasteiger partial charge is 0.326 e. The van der Waals surface area contributed by atoms with E-state index >= 15 is 0 Å². The Morgan fingerprint density at radius 1 is 0.929 bits per heavy atom. The lowest BCUT2D eigenvalue weighted by Crippen LogP contribution is -2.58. The first-order valence-corrected chi connectivity index (χ1v) is 13.6. The van der Waals surface area contributed by atoms with Crippen LogP contribution in [0, 0.1) is 5.92 Å². The van der Waals surface area contributed by atoms with Crippen LogP contribution in [0.25, 0.3) is 10.9 Å². The Bertz CT molecular complexity index is 1390. The zero-order valence-electron chi connectivity index (χ0n) is 23.6. The molecule has 4 amide bonds. The molecule has 4 atom stereocenters. The number of nitrogens with zero attached hydrogens (tertiary/aromatic N) is 1. The third-order valence-electron chi connectivity index (χ3n) is 6.70. The van der Waals surface area contributed by atoms with Crippen LogP contribution in [-0.4, -0.2) is 73.8 Å². The number of aromatic amines is 2. The summed E-state index contributed by atoms with van der Waals surface area (Å²) < 4.78 is 0. The lowest BCUT2D eigenvalue weighted by Gasteiger charge is -2.25. The van der Waals surface area contributed by atoms with Crippen LogP contribution in [0.2, 0.25) is 0 Å². The van der Waals surface area contributed by atoms with E-state index in [0.29, 0.717) is 5.69 Å². The number of carboxylic acids is 1. The molecule has 0 aliphatic carbocycles. The van der Waals surface area contributed by atoms with Crippen molar-refractivity contribution in [3.05, 3.63) is 54.2 Å². The van der Waals surface area contributed by atoms with Gasteiger partial charge in [-0.2, -0.15) is 0 Å². The number of rotatable bonds is 16. The number of para-hydroxylation sites is 1. The van der Waals surface area contributed by atoms with Crippen LogP contribution in [0.15, 0.2) is 43.0 Å². The third kappa shape index (κ3) is 9.16. The number of nitrogens with one attached hydrogen (secondary N) is 5. The number of carbonyl (C=O) groups excluding carboxylic acids is 4. The number of benzene rings is 1. The summed E-state index contributed by atoms with van der Waals surface area (Å²) in [5.74, 6) is -4.05. The van der Waals surface area contributed by atoms with Crippen LogP contribution in [0.3, 0.4) is 0 Å². The molecule has 0 saturated heterocycles. The lowest BCUT2D eigenvalue weighted by molar-refractivity contribution is -0.142. The predicted octanol–water partition coefficient (Wildman–Crippen LogP) is -0.146. The Labute approximate surface area is 242 Å². The molecule has 42 heavy (non-hydrogen) atoms. The van der Waals surface area contributed by atoms with Crippen LogP contribution in [0.1, 0.15) is 44.4 Å². The molecule has 0 aliphatic rings. The second-order valence-electron chi connectivity index (χ2n) is 10.6. The molecule has 10 N–H and O–H groups in total. The molecule has 1 aromatic carbocycles. The van der Waals surface area contributed by atoms with Crippen molar-refractivity contribution in [2.75, 3.05) is 0 Å². The monoisotopic (exact) mass is 582 g/mol. The van der Waals surface area contributed by atoms with Gasteiger partial charge in [-0.3, -0.25) is 19.2 Å². The maximum absolute atomic E-state index is 13.4. The molecule has 226 valence electrons. The molecular weight excluding hydrogens is 544 g/mol. The molecule has 0 saturated carbocycles. The summed E-state index contributed by atoms with van der Waals surface area (Å²) in [6, 6.07) is 2.87. The van der Waals surface area contributed by atoms with Gasteiger partial charge in [-0.15, -0.1) is 0 Å². The van der Waals surface area contributed by atoms with Gasteiger partial charge >= 0.3 is 5.97 Å². The van der Waals surface area contributed by atoms with Gasteiger partial charge in [0.2, 0.25) is 23.6 Å². The number of hydrogen-bond donors (Lipinski definition) is 8. The zero-order valence-corrected chi connectivity index (χ0v) is 23.6. The Kier molecular flexibility index (Phi) is 11.2. The second kappa shape index (κ2) is 14.8. The normalized spacial score (nSPS) is 14.1. The van der Waals surface area contributed by atoms with Gasteiger partial charge in [0, 0.05) is 41.8 Å². The molecule has 3 aromatic rings. The van der Waals surface area contributed by atoms with E-state index in [9.17, 15) is 29.1 Å². The van der Waals surface area contributed by atoms with Gasteiger partial charge in [0.05, 0.1) is 12.4 Å². The topological polar surface area (TPSA) is 238 Å². The summed E-state index contributed by atoms with van der Waals surface area (Å²) in [5.41, 5.74) is 13.7. The van der Waals surface area contributed by atoms with Crippen LogP contribution in [-0.2, 0) is 36.8 Å². The molecule has 14 heteroatoms. The minimum atomic E-state index is -1.25. The first-order valence-electron chi connectivity index (χ1n) is 13.6. The molecule has 0 radical (unpaired) electrons. The van der Waals surface area contributed by atoms with Crippen LogP contribution in [0.4, 0.5) is 0 Å². The van der Waals surface area contributed by atoms with Crippen molar-refractivity contribution >= 4 is 40.5 Å². The van der Waals surface area contributed by atoms with Crippen molar-refractivity contribution in [1.82, 2.24) is 30.9 Å². The van der Waals surface area contributed by atoms with Gasteiger partial charge in [-0.1, -0.05) is 32.0 Å². The van der Waals surface area contributed by atoms with Gasteiger partial charge < -0.3 is 42.5 Å². The Balaban J connectivity index is 1.75. The number of amides is 4. The number of primary amides is 1. The van der Waals surface area contributed by atoms with Crippen molar-refractivity contribution in [3.8, 4) is 0 Å². The van der Waals surface area contributed by atoms with Gasteiger partial charge in [0.1, 0.15) is 18.1 Å². The van der Waals surface area contributed by atoms with Crippen LogP contribution in [0.5, 0.6) is 0 Å². The van der Waals surface area contributed by atoms with E-state index < -0.39 is 53.8 Å². The summed E-state index contributed by atoms with van der Waals surface area (Å²) in [4.78, 5) is 72.8. The molecule has 0 fully saturated rings. The highest BCUT2D eigenvalue weighted by molar-refractivity contribution is 5.94. The minimum absolute atomic E-state index is 0.0195. The largest absolute Gasteiger partial charge is 0.480 e. The van der Waals surface area contributed by atoms with Crippen molar-refractivity contribution in [2.45, 2.75) is 70.1 Å². The number of carbonyl (C=O) groups is 5. The molecule has 2 heterocycles. The maximum Gasteiger partial charge on any atom is 0.326 e. The second-order valence-corrected chi connectivity index (χ2v) is 10.6. The molecule has 14 nitrogen and oxygen atoms in total. The van der Waals surface area contributed by atoms with Gasteiger partial charge in [-0.05, 0) is 36.8 Å². The Morgan fingerprint density at radius 3 is 2.24 bits per heavy atom. The van der Waals surface area contributed by atoms with Gasteiger partial charge in [0.15, 0.2) is 0 Å². The van der Waals surface area contributed by atoms with Crippen molar-refractivity contribution in [3.63, 3.8) is 0 Å². The van der Waals surface area contributed by atoms with Gasteiger partial charge in [-0.25, -0.2) is 9.78 Å². The van der Waals surface area contributed by atoms with Gasteiger partial charge in [0.25, 0.3) is 0 Å². The highest BCUT2D eigenvalue weighted by atomic mass is 16.4. The van der Waals surface area contributed by atoms with E-state index in [1.807, 2.05) is 38.1 Å². The summed E-state index contributed by atoms with van der Waals surface area (Å²) in [6.45, 7) is 3.64. The molecule has 4 unspecified atom stereocenters. The van der Waals surface area contributed by atoms with Crippen molar-refractivity contribution < 1.29 is 29.1 Å². The van der Waals surface area contributed by atoms with Crippen LogP contribution >= 0.6 is 0 Å². The maximum atomic E-state index is 13.4. The number of aliphatic carboxylic acids is 1. The van der Waals surface area contributed by atoms with E-state index in [0.717, 1.165) is 16.5 Å². The van der Waals surface area contributed by atoms with E-state index in [1.165, 1.54) is 12.5 Å². The highest BCUT2D eigenvalue weighted by Crippen LogP contribution is 2.19. The molecule has 0 bridgehead atoms. The average molecular weight is 583 g/mol. The SMILES string of the molecule is CC(C)CC(NC(=O)C(Cc1cnc[nH]1)NC(=O)C(CCC(N)=O)NC(=O)C(N)Cc1c[nH]c2ccccc12)C(=O)O. The predicted molar refractivity (Wildman–Crippen MR) is 154 cm³/mol. The summed E-state index contributed by atoms with van der Waals surface area (Å²) in [5, 5.41) is 18.1. The average Bonchev–Trinajstić information content (AvgIpc) is 3.59. The highest BCUT2D eigenvalue weighted by Gasteiger charge is 2.31. The van der Waals surface area contributed by atoms with E-state index in [-0.39, 0.29) is 38.0 Å². The minimum Gasteiger partial charge on any atom is -0.480 e. The number of carboxylic acid groups (broad SMARTS) is 1. The Morgan fingerprint density at radius 2 is 1.60 bits per heavy atom. The fraction of sp³-hybridized carbons (Fsp3) is 0.429.